The number of amides is 2. The molecular weight excluding hydrogens is 336 g/mol. The topological polar surface area (TPSA) is 62.6 Å². The monoisotopic (exact) mass is 358 g/mol. The zero-order valence-corrected chi connectivity index (χ0v) is 14.8. The SMILES string of the molecule is O=C(NCCCSc1ccccc1)C1CC(=O)N(Cc2ccco2)C1. The van der Waals surface area contributed by atoms with Gasteiger partial charge in [0.2, 0.25) is 11.8 Å². The molecule has 5 nitrogen and oxygen atoms in total. The number of thioether (sulfide) groups is 1. The van der Waals surface area contributed by atoms with Gasteiger partial charge in [0.05, 0.1) is 18.7 Å². The molecule has 2 amide bonds. The standard InChI is InChI=1S/C19H22N2O3S/c22-18-12-15(13-21(18)14-16-6-4-10-24-16)19(23)20-9-5-11-25-17-7-2-1-3-8-17/h1-4,6-8,10,15H,5,9,11-14H2,(H,20,23). The number of hydrogen-bond donors (Lipinski definition) is 1. The first kappa shape index (κ1) is 17.6. The van der Waals surface area contributed by atoms with Crippen LogP contribution in [0.3, 0.4) is 0 Å². The van der Waals surface area contributed by atoms with Gasteiger partial charge in [0, 0.05) is 24.4 Å². The maximum Gasteiger partial charge on any atom is 0.225 e. The lowest BCUT2D eigenvalue weighted by Crippen LogP contribution is -2.33. The summed E-state index contributed by atoms with van der Waals surface area (Å²) in [7, 11) is 0. The molecule has 25 heavy (non-hydrogen) atoms. The molecule has 1 fully saturated rings. The second kappa shape index (κ2) is 8.76. The predicted molar refractivity (Wildman–Crippen MR) is 97.0 cm³/mol. The molecule has 1 aromatic carbocycles. The maximum absolute atomic E-state index is 12.3. The normalized spacial score (nSPS) is 17.0. The van der Waals surface area contributed by atoms with Crippen LogP contribution in [0.5, 0.6) is 0 Å². The molecule has 1 aliphatic rings. The summed E-state index contributed by atoms with van der Waals surface area (Å²) in [4.78, 5) is 27.2. The largest absolute Gasteiger partial charge is 0.467 e. The van der Waals surface area contributed by atoms with E-state index in [4.69, 9.17) is 4.42 Å². The first-order valence-electron chi connectivity index (χ1n) is 8.48. The van der Waals surface area contributed by atoms with Gasteiger partial charge in [-0.2, -0.15) is 0 Å². The fraction of sp³-hybridized carbons (Fsp3) is 0.368. The Kier molecular flexibility index (Phi) is 6.17. The highest BCUT2D eigenvalue weighted by molar-refractivity contribution is 7.99. The average Bonchev–Trinajstić information content (AvgIpc) is 3.26. The van der Waals surface area contributed by atoms with E-state index >= 15 is 0 Å². The fourth-order valence-electron chi connectivity index (χ4n) is 2.83. The minimum absolute atomic E-state index is 0.0104. The molecule has 0 bridgehead atoms. The lowest BCUT2D eigenvalue weighted by atomic mass is 10.1. The van der Waals surface area contributed by atoms with Crippen LogP contribution in [0.15, 0.2) is 58.0 Å². The van der Waals surface area contributed by atoms with Crippen molar-refractivity contribution in [3.63, 3.8) is 0 Å². The molecule has 1 aliphatic heterocycles. The number of hydrogen-bond acceptors (Lipinski definition) is 4. The third-order valence-electron chi connectivity index (χ3n) is 4.14. The Morgan fingerprint density at radius 1 is 1.24 bits per heavy atom. The average molecular weight is 358 g/mol. The Balaban J connectivity index is 1.35. The summed E-state index contributed by atoms with van der Waals surface area (Å²) in [5, 5.41) is 2.96. The van der Waals surface area contributed by atoms with Gasteiger partial charge in [0.25, 0.3) is 0 Å². The molecule has 2 aromatic rings. The first-order chi connectivity index (χ1) is 12.2. The lowest BCUT2D eigenvalue weighted by molar-refractivity contribution is -0.129. The van der Waals surface area contributed by atoms with Gasteiger partial charge in [0.15, 0.2) is 0 Å². The Morgan fingerprint density at radius 3 is 2.84 bits per heavy atom. The van der Waals surface area contributed by atoms with Gasteiger partial charge in [-0.3, -0.25) is 9.59 Å². The Hall–Kier alpha value is -2.21. The smallest absolute Gasteiger partial charge is 0.225 e. The van der Waals surface area contributed by atoms with Crippen molar-refractivity contribution in [1.82, 2.24) is 10.2 Å². The number of carbonyl (C=O) groups is 2. The van der Waals surface area contributed by atoms with Crippen molar-refractivity contribution in [2.45, 2.75) is 24.3 Å². The second-order valence-electron chi connectivity index (χ2n) is 6.06. The first-order valence-corrected chi connectivity index (χ1v) is 9.46. The number of likely N-dealkylation sites (tertiary alicyclic amines) is 1. The van der Waals surface area contributed by atoms with Crippen molar-refractivity contribution in [1.29, 1.82) is 0 Å². The molecule has 6 heteroatoms. The minimum atomic E-state index is -0.260. The Morgan fingerprint density at radius 2 is 2.08 bits per heavy atom. The van der Waals surface area contributed by atoms with Crippen LogP contribution in [0.2, 0.25) is 0 Å². The van der Waals surface area contributed by atoms with Gasteiger partial charge in [-0.25, -0.2) is 0 Å². The number of benzene rings is 1. The molecule has 3 rings (SSSR count). The van der Waals surface area contributed by atoms with Crippen LogP contribution in [-0.2, 0) is 16.1 Å². The summed E-state index contributed by atoms with van der Waals surface area (Å²) in [6, 6.07) is 13.9. The van der Waals surface area contributed by atoms with Crippen LogP contribution in [-0.4, -0.2) is 35.6 Å². The summed E-state index contributed by atoms with van der Waals surface area (Å²) in [6.45, 7) is 1.54. The van der Waals surface area contributed by atoms with Crippen LogP contribution in [0.1, 0.15) is 18.6 Å². The molecule has 1 unspecified atom stereocenters. The van der Waals surface area contributed by atoms with Crippen molar-refractivity contribution >= 4 is 23.6 Å². The molecule has 132 valence electrons. The van der Waals surface area contributed by atoms with Gasteiger partial charge >= 0.3 is 0 Å². The summed E-state index contributed by atoms with van der Waals surface area (Å²) in [5.74, 6) is 1.42. The van der Waals surface area contributed by atoms with E-state index in [1.165, 1.54) is 4.90 Å². The number of furan rings is 1. The zero-order valence-electron chi connectivity index (χ0n) is 14.0. The fourth-order valence-corrected chi connectivity index (χ4v) is 3.70. The number of nitrogens with one attached hydrogen (secondary N) is 1. The molecule has 0 saturated carbocycles. The van der Waals surface area contributed by atoms with Crippen LogP contribution < -0.4 is 5.32 Å². The molecule has 1 aromatic heterocycles. The van der Waals surface area contributed by atoms with E-state index in [-0.39, 0.29) is 24.2 Å². The highest BCUT2D eigenvalue weighted by Gasteiger charge is 2.34. The van der Waals surface area contributed by atoms with E-state index in [1.807, 2.05) is 24.3 Å². The second-order valence-corrected chi connectivity index (χ2v) is 7.23. The maximum atomic E-state index is 12.3. The Labute approximate surface area is 151 Å². The number of carbonyl (C=O) groups excluding carboxylic acids is 2. The molecule has 0 radical (unpaired) electrons. The van der Waals surface area contributed by atoms with Crippen molar-refractivity contribution in [2.75, 3.05) is 18.8 Å². The van der Waals surface area contributed by atoms with E-state index in [1.54, 1.807) is 29.0 Å². The van der Waals surface area contributed by atoms with Gasteiger partial charge in [-0.1, -0.05) is 18.2 Å². The van der Waals surface area contributed by atoms with E-state index in [2.05, 4.69) is 17.4 Å². The van der Waals surface area contributed by atoms with Crippen LogP contribution in [0, 0.1) is 5.92 Å². The molecular formula is C19H22N2O3S. The van der Waals surface area contributed by atoms with Gasteiger partial charge < -0.3 is 14.6 Å². The number of nitrogens with zero attached hydrogens (tertiary/aromatic N) is 1. The van der Waals surface area contributed by atoms with Gasteiger partial charge in [-0.15, -0.1) is 11.8 Å². The summed E-state index contributed by atoms with van der Waals surface area (Å²) >= 11 is 1.78. The van der Waals surface area contributed by atoms with Crippen molar-refractivity contribution in [2.24, 2.45) is 5.92 Å². The quantitative estimate of drug-likeness (QED) is 0.582. The predicted octanol–water partition coefficient (Wildman–Crippen LogP) is 2.93. The zero-order chi connectivity index (χ0) is 17.5. The summed E-state index contributed by atoms with van der Waals surface area (Å²) in [6.07, 6.45) is 2.78. The van der Waals surface area contributed by atoms with Gasteiger partial charge in [0.1, 0.15) is 5.76 Å². The van der Waals surface area contributed by atoms with E-state index in [9.17, 15) is 9.59 Å². The van der Waals surface area contributed by atoms with E-state index < -0.39 is 0 Å². The molecule has 0 aliphatic carbocycles. The number of rotatable bonds is 8. The van der Waals surface area contributed by atoms with Crippen molar-refractivity contribution in [3.8, 4) is 0 Å². The van der Waals surface area contributed by atoms with Gasteiger partial charge in [-0.05, 0) is 36.4 Å². The molecule has 0 spiro atoms. The van der Waals surface area contributed by atoms with E-state index in [0.29, 0.717) is 19.6 Å². The third-order valence-corrected chi connectivity index (χ3v) is 5.24. The van der Waals surface area contributed by atoms with E-state index in [0.717, 1.165) is 17.9 Å². The van der Waals surface area contributed by atoms with Crippen molar-refractivity contribution in [3.05, 3.63) is 54.5 Å². The summed E-state index contributed by atoms with van der Waals surface area (Å²) < 4.78 is 5.27. The third kappa shape index (κ3) is 5.13. The van der Waals surface area contributed by atoms with Crippen molar-refractivity contribution < 1.29 is 14.0 Å². The van der Waals surface area contributed by atoms with Crippen LogP contribution in [0.4, 0.5) is 0 Å². The molecule has 2 heterocycles. The highest BCUT2D eigenvalue weighted by atomic mass is 32.2. The van der Waals surface area contributed by atoms with Crippen LogP contribution in [0.25, 0.3) is 0 Å². The lowest BCUT2D eigenvalue weighted by Gasteiger charge is -2.15. The minimum Gasteiger partial charge on any atom is -0.467 e. The molecule has 1 N–H and O–H groups in total. The molecule has 1 saturated heterocycles. The highest BCUT2D eigenvalue weighted by Crippen LogP contribution is 2.21. The summed E-state index contributed by atoms with van der Waals surface area (Å²) in [5.41, 5.74) is 0. The Bertz CT molecular complexity index is 688. The molecule has 1 atom stereocenters. The van der Waals surface area contributed by atoms with Crippen LogP contribution >= 0.6 is 11.8 Å².